The van der Waals surface area contributed by atoms with Gasteiger partial charge in [0, 0.05) is 71.3 Å². The van der Waals surface area contributed by atoms with Crippen LogP contribution in [0.4, 0.5) is 22.7 Å². The first-order valence-electron chi connectivity index (χ1n) is 15.8. The summed E-state index contributed by atoms with van der Waals surface area (Å²) in [6.07, 6.45) is 0. The van der Waals surface area contributed by atoms with Crippen LogP contribution in [0.15, 0.2) is 109 Å². The number of nitrogen functional groups attached to an aromatic ring is 4. The first kappa shape index (κ1) is 45.1. The zero-order chi connectivity index (χ0) is 33.7. The van der Waals surface area contributed by atoms with Gasteiger partial charge in [-0.1, -0.05) is 43.8 Å². The van der Waals surface area contributed by atoms with Crippen LogP contribution in [0.3, 0.4) is 0 Å². The Kier molecular flexibility index (Phi) is 15.5. The van der Waals surface area contributed by atoms with Gasteiger partial charge < -0.3 is 53.2 Å². The van der Waals surface area contributed by atoms with Crippen molar-refractivity contribution >= 4 is 66.9 Å². The summed E-state index contributed by atoms with van der Waals surface area (Å²) >= 11 is 0. The average molecular weight is 775 g/mol. The Morgan fingerprint density at radius 3 is 0.868 bits per heavy atom. The molecule has 2 aromatic heterocycles. The normalized spacial score (nSPS) is 10.2. The van der Waals surface area contributed by atoms with Gasteiger partial charge in [0.1, 0.15) is 22.1 Å². The van der Waals surface area contributed by atoms with Crippen LogP contribution in [-0.4, -0.2) is 15.4 Å². The predicted molar refractivity (Wildman–Crippen MR) is 209 cm³/mol. The monoisotopic (exact) mass is 773 g/mol. The molecule has 0 aliphatic rings. The van der Waals surface area contributed by atoms with E-state index in [2.05, 4.69) is 33.4 Å². The number of halogens is 2. The van der Waals surface area contributed by atoms with E-state index in [1.54, 1.807) is 0 Å². The summed E-state index contributed by atoms with van der Waals surface area (Å²) in [5.74, 6) is 0. The molecule has 2 heterocycles. The van der Waals surface area contributed by atoms with Crippen LogP contribution in [0.2, 0.25) is 0 Å². The van der Waals surface area contributed by atoms with Crippen LogP contribution < -0.4 is 108 Å². The van der Waals surface area contributed by atoms with Gasteiger partial charge in [-0.25, -0.2) is 9.97 Å². The summed E-state index contributed by atoms with van der Waals surface area (Å²) in [5, 5.41) is 0. The van der Waals surface area contributed by atoms with Crippen molar-refractivity contribution in [3.63, 3.8) is 0 Å². The summed E-state index contributed by atoms with van der Waals surface area (Å²) in [6, 6.07) is 36.5. The van der Waals surface area contributed by atoms with Crippen LogP contribution >= 0.6 is 0 Å². The number of nitrogens with zero attached hydrogens (tertiary/aromatic N) is 4. The van der Waals surface area contributed by atoms with E-state index in [1.165, 1.54) is 0 Å². The Morgan fingerprint density at radius 2 is 0.642 bits per heavy atom. The maximum atomic E-state index is 6.17. The zero-order valence-corrected chi connectivity index (χ0v) is 34.4. The number of nitrogens with two attached hydrogens (primary N) is 4. The van der Waals surface area contributed by atoms with Gasteiger partial charge in [-0.2, -0.15) is 0 Å². The predicted octanol–water partition coefficient (Wildman–Crippen LogP) is -2.28. The molecule has 12 heteroatoms. The van der Waals surface area contributed by atoms with E-state index >= 15 is 0 Å². The molecule has 8 rings (SSSR count). The third-order valence-electron chi connectivity index (χ3n) is 8.93. The number of para-hydroxylation sites is 2. The third-order valence-corrected chi connectivity index (χ3v) is 8.93. The second-order valence-electron chi connectivity index (χ2n) is 12.4. The van der Waals surface area contributed by atoms with Crippen LogP contribution in [0.5, 0.6) is 0 Å². The Morgan fingerprint density at radius 1 is 0.415 bits per heavy atom. The van der Waals surface area contributed by atoms with E-state index in [1.807, 2.05) is 113 Å². The van der Waals surface area contributed by atoms with Gasteiger partial charge >= 0.3 is 51.4 Å². The molecule has 0 unspecified atom stereocenters. The van der Waals surface area contributed by atoms with Crippen molar-refractivity contribution in [2.75, 3.05) is 22.9 Å². The number of hydrogen-bond acceptors (Lipinski definition) is 6. The Bertz CT molecular complexity index is 2240. The summed E-state index contributed by atoms with van der Waals surface area (Å²) in [4.78, 5) is 9.67. The molecule has 0 aliphatic carbocycles. The molecule has 9 nitrogen and oxygen atoms in total. The smallest absolute Gasteiger partial charge is 1.00 e. The van der Waals surface area contributed by atoms with Crippen LogP contribution in [-0.2, 0) is 0 Å². The number of rotatable bonds is 2. The summed E-state index contributed by atoms with van der Waals surface area (Å²) < 4.78 is 4.34. The minimum Gasteiger partial charge on any atom is -1.00 e. The summed E-state index contributed by atoms with van der Waals surface area (Å²) in [5.41, 5.74) is 41.5. The quantitative estimate of drug-likeness (QED) is 0.0668. The second kappa shape index (κ2) is 18.3. The number of benzene rings is 6. The van der Waals surface area contributed by atoms with E-state index in [0.717, 1.165) is 101 Å². The standard InChI is InChI=1S/2C20H18N4.CH4.2ClH.K.H2O/c2*1-12-8-17-19(10-15(12)21)24(14-6-4-3-5-7-14)20-11-16(22)13(2)9-18(20)23-17;;;;;/h2*3-11H,1-2H3,(H3,21,22);1H4;2*1H;;1H2/q;;;;;+1;. The molecular formula is C41H44Cl2KN8O+. The first-order valence-corrected chi connectivity index (χ1v) is 15.8. The first-order chi connectivity index (χ1) is 23.1. The van der Waals surface area contributed by atoms with Crippen molar-refractivity contribution in [1.82, 2.24) is 9.97 Å². The van der Waals surface area contributed by atoms with Crippen LogP contribution in [0, 0.1) is 27.7 Å². The molecule has 8 aromatic rings. The fourth-order valence-corrected chi connectivity index (χ4v) is 6.09. The van der Waals surface area contributed by atoms with Gasteiger partial charge in [0.05, 0.1) is 0 Å². The van der Waals surface area contributed by atoms with Crippen LogP contribution in [0.25, 0.3) is 55.5 Å². The molecule has 0 atom stereocenters. The maximum absolute atomic E-state index is 6.17. The van der Waals surface area contributed by atoms with Gasteiger partial charge in [-0.3, -0.25) is 0 Å². The van der Waals surface area contributed by atoms with E-state index in [9.17, 15) is 0 Å². The minimum absolute atomic E-state index is 0. The molecule has 0 saturated carbocycles. The third kappa shape index (κ3) is 8.67. The summed E-state index contributed by atoms with van der Waals surface area (Å²) in [7, 11) is 0. The number of hydrogen-bond donors (Lipinski definition) is 4. The minimum atomic E-state index is 0. The largest absolute Gasteiger partial charge is 1.00 e. The van der Waals surface area contributed by atoms with Crippen molar-refractivity contribution < 1.29 is 90.8 Å². The van der Waals surface area contributed by atoms with Crippen molar-refractivity contribution in [3.8, 4) is 11.4 Å². The molecule has 0 spiro atoms. The molecule has 0 fully saturated rings. The molecular weight excluding hydrogens is 731 g/mol. The number of aryl methyl sites for hydroxylation is 4. The molecule has 0 radical (unpaired) electrons. The van der Waals surface area contributed by atoms with E-state index in [4.69, 9.17) is 32.9 Å². The molecule has 6 aromatic carbocycles. The molecule has 0 bridgehead atoms. The number of aromatic nitrogens is 4. The summed E-state index contributed by atoms with van der Waals surface area (Å²) in [6.45, 7) is 8.01. The topological polar surface area (TPSA) is 169 Å². The Balaban J connectivity index is 0.000000335. The fraction of sp³-hybridized carbons (Fsp3) is 0.122. The van der Waals surface area contributed by atoms with E-state index in [-0.39, 0.29) is 89.1 Å². The van der Waals surface area contributed by atoms with Gasteiger partial charge in [0.2, 0.25) is 33.4 Å². The van der Waals surface area contributed by atoms with Gasteiger partial charge in [-0.05, 0) is 74.2 Å². The molecule has 0 amide bonds. The maximum Gasteiger partial charge on any atom is 1.00 e. The van der Waals surface area contributed by atoms with Gasteiger partial charge in [-0.15, -0.1) is 9.13 Å². The zero-order valence-electron chi connectivity index (χ0n) is 29.7. The van der Waals surface area contributed by atoms with Crippen LogP contribution in [0.1, 0.15) is 29.7 Å². The van der Waals surface area contributed by atoms with Gasteiger partial charge in [0.25, 0.3) is 0 Å². The molecule has 0 aliphatic heterocycles. The van der Waals surface area contributed by atoms with E-state index in [0.29, 0.717) is 0 Å². The SMILES string of the molecule is C.Cc1cc2nc3cc(C)c(N)cc3[n+](-c3ccccc3)c2cc1N.Cc1cc2nc3cc(C)c(N)cc3[n+](-c3ccccc3)c2cc1N.O.[Cl-].[Cl-].[K+]. The second-order valence-corrected chi connectivity index (χ2v) is 12.4. The molecule has 10 N–H and O–H groups in total. The van der Waals surface area contributed by atoms with Crippen molar-refractivity contribution in [2.24, 2.45) is 0 Å². The molecule has 268 valence electrons. The Hall–Kier alpha value is -4.10. The van der Waals surface area contributed by atoms with Crippen molar-refractivity contribution in [2.45, 2.75) is 35.1 Å². The van der Waals surface area contributed by atoms with Crippen molar-refractivity contribution in [3.05, 3.63) is 131 Å². The van der Waals surface area contributed by atoms with Gasteiger partial charge in [0.15, 0.2) is 0 Å². The van der Waals surface area contributed by atoms with E-state index < -0.39 is 0 Å². The number of anilines is 4. The Labute approximate surface area is 365 Å². The molecule has 0 saturated heterocycles. The van der Waals surface area contributed by atoms with Crippen molar-refractivity contribution in [1.29, 1.82) is 0 Å². The average Bonchev–Trinajstić information content (AvgIpc) is 3.07. The fourth-order valence-electron chi connectivity index (χ4n) is 6.09. The number of fused-ring (bicyclic) bond motifs is 4. The molecule has 53 heavy (non-hydrogen) atoms.